The summed E-state index contributed by atoms with van der Waals surface area (Å²) in [6.45, 7) is 2.14. The molecule has 1 heterocycles. The third-order valence-electron chi connectivity index (χ3n) is 3.23. The van der Waals surface area contributed by atoms with Crippen molar-refractivity contribution < 1.29 is 33.3 Å². The Kier molecular flexibility index (Phi) is 3.77. The van der Waals surface area contributed by atoms with Crippen LogP contribution in [0.3, 0.4) is 0 Å². The van der Waals surface area contributed by atoms with E-state index in [1.807, 2.05) is 0 Å². The highest BCUT2D eigenvalue weighted by molar-refractivity contribution is 7.18. The van der Waals surface area contributed by atoms with E-state index in [0.717, 1.165) is 5.75 Å². The molecule has 0 radical (unpaired) electrons. The molecule has 0 saturated heterocycles. The van der Waals surface area contributed by atoms with E-state index < -0.39 is 0 Å². The molecule has 3 rings (SSSR count). The van der Waals surface area contributed by atoms with Gasteiger partial charge in [-0.15, -0.1) is 0 Å². The lowest BCUT2D eigenvalue weighted by Gasteiger charge is -2.04. The van der Waals surface area contributed by atoms with Crippen LogP contribution in [0, 0.1) is 6.92 Å². The number of rotatable bonds is 1. The fourth-order valence-electron chi connectivity index (χ4n) is 2.28. The van der Waals surface area contributed by atoms with Gasteiger partial charge in [-0.1, -0.05) is 29.5 Å². The normalized spacial score (nSPS) is 10.6. The van der Waals surface area contributed by atoms with Crippen LogP contribution in [-0.4, -0.2) is 7.11 Å². The van der Waals surface area contributed by atoms with E-state index in [1.165, 1.54) is 26.0 Å². The van der Waals surface area contributed by atoms with E-state index in [2.05, 4.69) is 48.9 Å². The average molecular weight is 371 g/mol. The molecule has 94 valence electrons. The van der Waals surface area contributed by atoms with Crippen LogP contribution >= 0.6 is 11.3 Å². The minimum atomic E-state index is 0. The van der Waals surface area contributed by atoms with Crippen LogP contribution in [0.5, 0.6) is 5.75 Å². The van der Waals surface area contributed by atoms with Crippen molar-refractivity contribution in [2.75, 3.05) is 7.11 Å². The molecule has 0 aliphatic rings. The van der Waals surface area contributed by atoms with Gasteiger partial charge >= 0.3 is 0 Å². The SMILES string of the molecule is COc1cc2sc(C)[n+](C)c2c2ccccc12.[I-]. The van der Waals surface area contributed by atoms with Gasteiger partial charge in [0.1, 0.15) is 17.5 Å². The van der Waals surface area contributed by atoms with E-state index in [0.29, 0.717) is 0 Å². The lowest BCUT2D eigenvalue weighted by atomic mass is 10.1. The maximum absolute atomic E-state index is 5.48. The van der Waals surface area contributed by atoms with Gasteiger partial charge in [0.25, 0.3) is 0 Å². The summed E-state index contributed by atoms with van der Waals surface area (Å²) in [6, 6.07) is 10.5. The fourth-order valence-corrected chi connectivity index (χ4v) is 3.34. The molecule has 3 aromatic rings. The molecule has 0 unspecified atom stereocenters. The molecule has 0 fully saturated rings. The topological polar surface area (TPSA) is 13.1 Å². The summed E-state index contributed by atoms with van der Waals surface area (Å²) in [5.74, 6) is 0.954. The molecular weight excluding hydrogens is 357 g/mol. The van der Waals surface area contributed by atoms with Crippen molar-refractivity contribution in [1.82, 2.24) is 0 Å². The van der Waals surface area contributed by atoms with Gasteiger partial charge in [-0.3, -0.25) is 0 Å². The quantitative estimate of drug-likeness (QED) is 0.440. The summed E-state index contributed by atoms with van der Waals surface area (Å²) in [6.07, 6.45) is 0. The Morgan fingerprint density at radius 1 is 1.17 bits per heavy atom. The van der Waals surface area contributed by atoms with Gasteiger partial charge in [-0.25, -0.2) is 0 Å². The first kappa shape index (κ1) is 13.5. The first-order valence-electron chi connectivity index (χ1n) is 5.57. The van der Waals surface area contributed by atoms with Gasteiger partial charge in [-0.2, -0.15) is 4.57 Å². The standard InChI is InChI=1S/C14H14NOS.HI/c1-9-15(2)14-11-7-5-4-6-10(11)12(16-3)8-13(14)17-9;/h4-8H,1-3H3;1H/q+1;/p-1. The molecule has 0 bridgehead atoms. The monoisotopic (exact) mass is 371 g/mol. The van der Waals surface area contributed by atoms with Crippen molar-refractivity contribution in [3.05, 3.63) is 35.3 Å². The molecular formula is C14H14INOS. The highest BCUT2D eigenvalue weighted by atomic mass is 127. The molecule has 1 aromatic heterocycles. The molecule has 2 aromatic carbocycles. The Labute approximate surface area is 127 Å². The Balaban J connectivity index is 0.00000120. The first-order valence-corrected chi connectivity index (χ1v) is 6.39. The molecule has 4 heteroatoms. The first-order chi connectivity index (χ1) is 8.22. The molecule has 0 atom stereocenters. The van der Waals surface area contributed by atoms with Gasteiger partial charge in [0.15, 0.2) is 0 Å². The van der Waals surface area contributed by atoms with Crippen molar-refractivity contribution in [2.45, 2.75) is 6.92 Å². The van der Waals surface area contributed by atoms with E-state index in [1.54, 1.807) is 18.4 Å². The smallest absolute Gasteiger partial charge is 0.234 e. The summed E-state index contributed by atoms with van der Waals surface area (Å²) in [7, 11) is 3.85. The summed E-state index contributed by atoms with van der Waals surface area (Å²) in [4.78, 5) is 0. The van der Waals surface area contributed by atoms with Crippen LogP contribution in [0.4, 0.5) is 0 Å². The number of methoxy groups -OCH3 is 1. The van der Waals surface area contributed by atoms with Crippen LogP contribution in [0.2, 0.25) is 0 Å². The Morgan fingerprint density at radius 2 is 1.83 bits per heavy atom. The van der Waals surface area contributed by atoms with Crippen LogP contribution in [0.25, 0.3) is 21.0 Å². The van der Waals surface area contributed by atoms with Crippen LogP contribution in [0.15, 0.2) is 30.3 Å². The average Bonchev–Trinajstić information content (AvgIpc) is 2.64. The van der Waals surface area contributed by atoms with Crippen LogP contribution in [-0.2, 0) is 7.05 Å². The Hall–Kier alpha value is -0.880. The van der Waals surface area contributed by atoms with Crippen molar-refractivity contribution >= 4 is 32.3 Å². The predicted octanol–water partition coefficient (Wildman–Crippen LogP) is 0.200. The molecule has 0 saturated carbocycles. The summed E-state index contributed by atoms with van der Waals surface area (Å²) >= 11 is 1.81. The Bertz CT molecular complexity index is 720. The summed E-state index contributed by atoms with van der Waals surface area (Å²) in [5, 5.41) is 3.74. The predicted molar refractivity (Wildman–Crippen MR) is 71.8 cm³/mol. The second-order valence-corrected chi connectivity index (χ2v) is 5.39. The number of benzene rings is 2. The number of ether oxygens (including phenoxy) is 1. The number of aromatic nitrogens is 1. The van der Waals surface area contributed by atoms with Gasteiger partial charge < -0.3 is 28.7 Å². The van der Waals surface area contributed by atoms with Crippen molar-refractivity contribution in [2.24, 2.45) is 7.05 Å². The molecule has 0 aliphatic carbocycles. The van der Waals surface area contributed by atoms with E-state index >= 15 is 0 Å². The van der Waals surface area contributed by atoms with Gasteiger partial charge in [0.05, 0.1) is 12.5 Å². The van der Waals surface area contributed by atoms with Gasteiger partial charge in [-0.05, 0) is 6.07 Å². The lowest BCUT2D eigenvalue weighted by Crippen LogP contribution is -3.00. The number of hydrogen-bond donors (Lipinski definition) is 0. The highest BCUT2D eigenvalue weighted by Crippen LogP contribution is 2.34. The number of halogens is 1. The van der Waals surface area contributed by atoms with E-state index in [-0.39, 0.29) is 24.0 Å². The molecule has 18 heavy (non-hydrogen) atoms. The zero-order valence-electron chi connectivity index (χ0n) is 10.5. The van der Waals surface area contributed by atoms with Crippen molar-refractivity contribution in [3.63, 3.8) is 0 Å². The number of nitrogens with zero attached hydrogens (tertiary/aromatic N) is 1. The summed E-state index contributed by atoms with van der Waals surface area (Å²) < 4.78 is 9.01. The molecule has 2 nitrogen and oxygen atoms in total. The second kappa shape index (κ2) is 5.01. The molecule has 0 aliphatic heterocycles. The fraction of sp³-hybridized carbons (Fsp3) is 0.214. The molecule has 0 amide bonds. The van der Waals surface area contributed by atoms with Gasteiger partial charge in [0, 0.05) is 18.4 Å². The zero-order valence-corrected chi connectivity index (χ0v) is 13.5. The maximum atomic E-state index is 5.48. The largest absolute Gasteiger partial charge is 1.00 e. The summed E-state index contributed by atoms with van der Waals surface area (Å²) in [5.41, 5.74) is 1.30. The molecule has 0 spiro atoms. The van der Waals surface area contributed by atoms with Crippen molar-refractivity contribution in [1.29, 1.82) is 0 Å². The number of fused-ring (bicyclic) bond motifs is 3. The number of hydrogen-bond acceptors (Lipinski definition) is 2. The lowest BCUT2D eigenvalue weighted by molar-refractivity contribution is -0.645. The number of aryl methyl sites for hydroxylation is 2. The van der Waals surface area contributed by atoms with E-state index in [9.17, 15) is 0 Å². The zero-order chi connectivity index (χ0) is 12.0. The minimum absolute atomic E-state index is 0. The van der Waals surface area contributed by atoms with Crippen LogP contribution < -0.4 is 33.3 Å². The minimum Gasteiger partial charge on any atom is -1.00 e. The van der Waals surface area contributed by atoms with E-state index in [4.69, 9.17) is 4.74 Å². The van der Waals surface area contributed by atoms with Crippen molar-refractivity contribution in [3.8, 4) is 5.75 Å². The Morgan fingerprint density at radius 3 is 2.50 bits per heavy atom. The molecule has 0 N–H and O–H groups in total. The van der Waals surface area contributed by atoms with Crippen LogP contribution in [0.1, 0.15) is 5.01 Å². The number of thiazole rings is 1. The second-order valence-electron chi connectivity index (χ2n) is 4.15. The highest BCUT2D eigenvalue weighted by Gasteiger charge is 2.18. The maximum Gasteiger partial charge on any atom is 0.234 e. The third-order valence-corrected chi connectivity index (χ3v) is 4.33. The third kappa shape index (κ3) is 1.87. The van der Waals surface area contributed by atoms with Gasteiger partial charge in [0.2, 0.25) is 10.5 Å².